The van der Waals surface area contributed by atoms with Crippen LogP contribution in [0.1, 0.15) is 214 Å². The molecule has 46 heavy (non-hydrogen) atoms. The van der Waals surface area contributed by atoms with Crippen LogP contribution in [-0.2, 0) is 4.79 Å². The topological polar surface area (TPSA) is 37.3 Å². The Labute approximate surface area is 287 Å². The van der Waals surface area contributed by atoms with Crippen LogP contribution in [0.3, 0.4) is 0 Å². The Hall–Kier alpha value is -0.790. The minimum absolute atomic E-state index is 0.344. The summed E-state index contributed by atoms with van der Waals surface area (Å²) in [5.74, 6) is 5.42. The van der Waals surface area contributed by atoms with E-state index in [4.69, 9.17) is 5.11 Å². The summed E-state index contributed by atoms with van der Waals surface area (Å²) in [6.45, 7) is 10.5. The van der Waals surface area contributed by atoms with Crippen molar-refractivity contribution >= 4 is 5.97 Å². The van der Waals surface area contributed by atoms with Gasteiger partial charge in [-0.1, -0.05) is 129 Å². The Morgan fingerprint density at radius 3 is 1.93 bits per heavy atom. The van der Waals surface area contributed by atoms with Gasteiger partial charge < -0.3 is 5.11 Å². The molecule has 0 aromatic carbocycles. The molecule has 4 rings (SSSR count). The zero-order valence-electron chi connectivity index (χ0n) is 31.4. The Morgan fingerprint density at radius 1 is 0.674 bits per heavy atom. The lowest BCUT2D eigenvalue weighted by Crippen LogP contribution is -2.53. The van der Waals surface area contributed by atoms with Crippen molar-refractivity contribution in [2.45, 2.75) is 214 Å². The van der Waals surface area contributed by atoms with Crippen molar-refractivity contribution in [1.29, 1.82) is 0 Å². The highest BCUT2D eigenvalue weighted by Gasteiger charge is 2.60. The molecule has 1 N–H and O–H groups in total. The number of unbranched alkanes of at least 4 members (excludes halogenated alkanes) is 14. The molecular formula is C44H78O2. The number of fused-ring (bicyclic) bond motifs is 5. The van der Waals surface area contributed by atoms with Gasteiger partial charge in [-0.15, -0.1) is 0 Å². The molecule has 4 aliphatic carbocycles. The van der Waals surface area contributed by atoms with Crippen molar-refractivity contribution in [3.63, 3.8) is 0 Å². The molecule has 0 heterocycles. The van der Waals surface area contributed by atoms with Gasteiger partial charge in [0.15, 0.2) is 0 Å². The second-order valence-electron chi connectivity index (χ2n) is 17.9. The summed E-state index contributed by atoms with van der Waals surface area (Å²) in [6.07, 6.45) is 42.2. The first kappa shape index (κ1) is 38.0. The van der Waals surface area contributed by atoms with Crippen molar-refractivity contribution in [2.75, 3.05) is 0 Å². The highest BCUT2D eigenvalue weighted by Crippen LogP contribution is 2.68. The third-order valence-electron chi connectivity index (χ3n) is 14.9. The molecule has 4 fully saturated rings. The fourth-order valence-electron chi connectivity index (χ4n) is 12.2. The van der Waals surface area contributed by atoms with Crippen LogP contribution in [0.25, 0.3) is 0 Å². The van der Waals surface area contributed by atoms with Crippen LogP contribution in [0, 0.1) is 46.3 Å². The molecule has 0 spiro atoms. The number of carbonyl (C=O) groups is 1. The molecule has 2 heteroatoms. The lowest BCUT2D eigenvalue weighted by Gasteiger charge is -2.61. The molecule has 0 aromatic rings. The van der Waals surface area contributed by atoms with Gasteiger partial charge in [0.25, 0.3) is 0 Å². The quantitative estimate of drug-likeness (QED) is 0.0946. The van der Waals surface area contributed by atoms with Gasteiger partial charge in [0.05, 0.1) is 0 Å². The highest BCUT2D eigenvalue weighted by molar-refractivity contribution is 5.66. The van der Waals surface area contributed by atoms with Crippen molar-refractivity contribution in [2.24, 2.45) is 46.3 Å². The Balaban J connectivity index is 0.999. The molecule has 266 valence electrons. The maximum absolute atomic E-state index is 10.5. The number of carboxylic acids is 1. The first-order valence-electron chi connectivity index (χ1n) is 21.1. The van der Waals surface area contributed by atoms with Crippen molar-refractivity contribution in [3.8, 4) is 0 Å². The first-order valence-corrected chi connectivity index (χ1v) is 21.1. The van der Waals surface area contributed by atoms with E-state index in [1.807, 2.05) is 0 Å². The van der Waals surface area contributed by atoms with Crippen molar-refractivity contribution in [3.05, 3.63) is 11.6 Å². The van der Waals surface area contributed by atoms with Crippen LogP contribution in [-0.4, -0.2) is 11.1 Å². The van der Waals surface area contributed by atoms with Gasteiger partial charge in [-0.3, -0.25) is 4.79 Å². The smallest absolute Gasteiger partial charge is 0.303 e. The average Bonchev–Trinajstić information content (AvgIpc) is 3.39. The van der Waals surface area contributed by atoms with E-state index in [1.54, 1.807) is 37.7 Å². The molecule has 2 nitrogen and oxygen atoms in total. The van der Waals surface area contributed by atoms with Crippen LogP contribution in [0.2, 0.25) is 0 Å². The average molecular weight is 639 g/mol. The second kappa shape index (κ2) is 19.4. The van der Waals surface area contributed by atoms with Crippen LogP contribution < -0.4 is 0 Å². The minimum Gasteiger partial charge on any atom is -0.481 e. The molecule has 8 atom stereocenters. The molecule has 0 amide bonds. The summed E-state index contributed by atoms with van der Waals surface area (Å²) < 4.78 is 0. The summed E-state index contributed by atoms with van der Waals surface area (Å²) in [7, 11) is 0. The number of allylic oxidation sites excluding steroid dienone is 2. The number of carboxylic acid groups (broad SMARTS) is 1. The number of hydrogen-bond acceptors (Lipinski definition) is 1. The van der Waals surface area contributed by atoms with Crippen LogP contribution in [0.4, 0.5) is 0 Å². The molecule has 0 aromatic heterocycles. The maximum atomic E-state index is 10.5. The Kier molecular flexibility index (Phi) is 16.0. The molecular weight excluding hydrogens is 560 g/mol. The third-order valence-corrected chi connectivity index (χ3v) is 14.9. The molecule has 0 aliphatic heterocycles. The van der Waals surface area contributed by atoms with E-state index >= 15 is 0 Å². The summed E-state index contributed by atoms with van der Waals surface area (Å²) in [6, 6.07) is 0. The minimum atomic E-state index is -0.648. The summed E-state index contributed by atoms with van der Waals surface area (Å²) >= 11 is 0. The monoisotopic (exact) mass is 639 g/mol. The molecule has 0 radical (unpaired) electrons. The van der Waals surface area contributed by atoms with Crippen molar-refractivity contribution in [1.82, 2.24) is 0 Å². The largest absolute Gasteiger partial charge is 0.481 e. The zero-order chi connectivity index (χ0) is 32.8. The zero-order valence-corrected chi connectivity index (χ0v) is 31.4. The van der Waals surface area contributed by atoms with E-state index in [1.165, 1.54) is 135 Å². The van der Waals surface area contributed by atoms with Gasteiger partial charge >= 0.3 is 5.97 Å². The van der Waals surface area contributed by atoms with Gasteiger partial charge in [0.2, 0.25) is 0 Å². The predicted octanol–water partition coefficient (Wildman–Crippen LogP) is 14.1. The van der Waals surface area contributed by atoms with E-state index in [0.717, 1.165) is 48.3 Å². The van der Waals surface area contributed by atoms with E-state index in [2.05, 4.69) is 33.8 Å². The number of hydrogen-bond donors (Lipinski definition) is 1. The van der Waals surface area contributed by atoms with Crippen molar-refractivity contribution < 1.29 is 9.90 Å². The summed E-state index contributed by atoms with van der Waals surface area (Å²) in [5.41, 5.74) is 2.97. The van der Waals surface area contributed by atoms with Crippen LogP contribution in [0.5, 0.6) is 0 Å². The molecule has 4 saturated carbocycles. The maximum Gasteiger partial charge on any atom is 0.303 e. The van der Waals surface area contributed by atoms with E-state index in [9.17, 15) is 4.79 Å². The van der Waals surface area contributed by atoms with E-state index in [0.29, 0.717) is 17.3 Å². The Morgan fingerprint density at radius 2 is 1.28 bits per heavy atom. The fraction of sp³-hybridized carbons (Fsp3) is 0.932. The highest BCUT2D eigenvalue weighted by atomic mass is 16.4. The normalized spacial score (nSPS) is 33.3. The van der Waals surface area contributed by atoms with E-state index < -0.39 is 5.97 Å². The van der Waals surface area contributed by atoms with E-state index in [-0.39, 0.29) is 0 Å². The lowest BCUT2D eigenvalue weighted by atomic mass is 9.44. The Bertz CT molecular complexity index is 906. The molecule has 4 aliphatic rings. The molecule has 1 unspecified atom stereocenters. The second-order valence-corrected chi connectivity index (χ2v) is 17.9. The standard InChI is InChI=1S/C44H78O2/c1-35(23-18-16-14-12-10-8-6-5-7-9-11-13-15-17-19-27-42(45)46)24-22-25-36(2)39-30-31-40-38-29-28-37-26-20-21-33-43(37,3)41(38)32-34-44(39,40)4/h23,36-41H,5-22,24-34H2,1-4H3,(H,45,46)/t36-,37?,38+,39-,40+,41+,43+,44-/m1/s1. The van der Waals surface area contributed by atoms with Crippen LogP contribution in [0.15, 0.2) is 11.6 Å². The predicted molar refractivity (Wildman–Crippen MR) is 198 cm³/mol. The van der Waals surface area contributed by atoms with Gasteiger partial charge in [0.1, 0.15) is 0 Å². The SMILES string of the molecule is CC(=CCCCCCCCCCCCCCCCCC(=O)O)CCC[C@@H](C)[C@H]1CC[C@H]2[C@@H]3CCC4CCCC[C@]4(C)[C@H]3CC[C@]12C. The lowest BCUT2D eigenvalue weighted by molar-refractivity contribution is -0.137. The van der Waals surface area contributed by atoms with Gasteiger partial charge in [-0.05, 0) is 137 Å². The van der Waals surface area contributed by atoms with Gasteiger partial charge in [-0.2, -0.15) is 0 Å². The molecule has 0 saturated heterocycles. The van der Waals surface area contributed by atoms with Gasteiger partial charge in [-0.25, -0.2) is 0 Å². The van der Waals surface area contributed by atoms with Gasteiger partial charge in [0, 0.05) is 6.42 Å². The molecule has 0 bridgehead atoms. The summed E-state index contributed by atoms with van der Waals surface area (Å²) in [5, 5.41) is 8.68. The number of rotatable bonds is 22. The fourth-order valence-corrected chi connectivity index (χ4v) is 12.2. The summed E-state index contributed by atoms with van der Waals surface area (Å²) in [4.78, 5) is 10.5. The first-order chi connectivity index (χ1) is 22.3. The number of aliphatic carboxylic acids is 1. The van der Waals surface area contributed by atoms with Crippen LogP contribution >= 0.6 is 0 Å². The third kappa shape index (κ3) is 10.6.